The van der Waals surface area contributed by atoms with Crippen LogP contribution in [0.4, 0.5) is 5.69 Å². The molecule has 0 radical (unpaired) electrons. The molecule has 0 bridgehead atoms. The molecule has 1 aromatic carbocycles. The number of nitrogens with zero attached hydrogens (tertiary/aromatic N) is 2. The van der Waals surface area contributed by atoms with Gasteiger partial charge < -0.3 is 5.32 Å². The number of halogens is 1. The van der Waals surface area contributed by atoms with E-state index in [1.807, 2.05) is 19.1 Å². The van der Waals surface area contributed by atoms with Crippen LogP contribution in [0.25, 0.3) is 0 Å². The van der Waals surface area contributed by atoms with Gasteiger partial charge in [-0.25, -0.2) is 0 Å². The van der Waals surface area contributed by atoms with Crippen molar-refractivity contribution in [2.75, 3.05) is 0 Å². The molecule has 0 aliphatic heterocycles. The van der Waals surface area contributed by atoms with Gasteiger partial charge in [0.25, 0.3) is 5.69 Å². The lowest BCUT2D eigenvalue weighted by molar-refractivity contribution is -0.384. The molecule has 2 aromatic rings. The third-order valence-electron chi connectivity index (χ3n) is 2.86. The van der Waals surface area contributed by atoms with Crippen molar-refractivity contribution in [2.24, 2.45) is 0 Å². The molecule has 0 aliphatic carbocycles. The van der Waals surface area contributed by atoms with E-state index >= 15 is 0 Å². The van der Waals surface area contributed by atoms with E-state index in [-0.39, 0.29) is 5.69 Å². The van der Waals surface area contributed by atoms with Crippen LogP contribution in [0, 0.1) is 17.0 Å². The first-order valence-corrected chi connectivity index (χ1v) is 6.49. The molecule has 0 fully saturated rings. The summed E-state index contributed by atoms with van der Waals surface area (Å²) in [5.41, 5.74) is 2.77. The van der Waals surface area contributed by atoms with E-state index in [0.717, 1.165) is 11.3 Å². The topological polar surface area (TPSA) is 68.1 Å². The number of nitro groups is 1. The SMILES string of the molecule is Cc1ccc(CNCc2cc([N+](=O)[O-])ccc2Cl)cn1. The fraction of sp³-hybridized carbons (Fsp3) is 0.214. The number of non-ortho nitro benzene ring substituents is 1. The maximum Gasteiger partial charge on any atom is 0.269 e. The largest absolute Gasteiger partial charge is 0.309 e. The zero-order valence-corrected chi connectivity index (χ0v) is 11.7. The second-order valence-corrected chi connectivity index (χ2v) is 4.85. The van der Waals surface area contributed by atoms with Gasteiger partial charge in [-0.15, -0.1) is 0 Å². The van der Waals surface area contributed by atoms with Gasteiger partial charge in [-0.2, -0.15) is 0 Å². The molecule has 0 spiro atoms. The lowest BCUT2D eigenvalue weighted by Gasteiger charge is -2.07. The Morgan fingerprint density at radius 1 is 1.30 bits per heavy atom. The number of nitrogens with one attached hydrogen (secondary N) is 1. The van der Waals surface area contributed by atoms with Crippen molar-refractivity contribution in [1.29, 1.82) is 0 Å². The van der Waals surface area contributed by atoms with Crippen molar-refractivity contribution in [3.63, 3.8) is 0 Å². The Labute approximate surface area is 121 Å². The van der Waals surface area contributed by atoms with E-state index in [1.54, 1.807) is 12.3 Å². The van der Waals surface area contributed by atoms with Gasteiger partial charge in [-0.3, -0.25) is 15.1 Å². The lowest BCUT2D eigenvalue weighted by atomic mass is 10.2. The number of rotatable bonds is 5. The molecule has 2 rings (SSSR count). The molecule has 6 heteroatoms. The summed E-state index contributed by atoms with van der Waals surface area (Å²) in [6.07, 6.45) is 1.80. The predicted octanol–water partition coefficient (Wildman–Crippen LogP) is 3.24. The zero-order chi connectivity index (χ0) is 14.5. The summed E-state index contributed by atoms with van der Waals surface area (Å²) >= 11 is 6.03. The van der Waals surface area contributed by atoms with Crippen LogP contribution in [-0.2, 0) is 13.1 Å². The molecule has 0 amide bonds. The maximum atomic E-state index is 10.7. The molecular formula is C14H14ClN3O2. The van der Waals surface area contributed by atoms with Crippen LogP contribution in [0.3, 0.4) is 0 Å². The van der Waals surface area contributed by atoms with Gasteiger partial charge in [-0.05, 0) is 30.2 Å². The highest BCUT2D eigenvalue weighted by Crippen LogP contribution is 2.21. The van der Waals surface area contributed by atoms with Gasteiger partial charge in [0.2, 0.25) is 0 Å². The standard InChI is InChI=1S/C14H14ClN3O2/c1-10-2-3-11(8-17-10)7-16-9-12-6-13(18(19)20)4-5-14(12)15/h2-6,8,16H,7,9H2,1H3. The summed E-state index contributed by atoms with van der Waals surface area (Å²) in [7, 11) is 0. The Hall–Kier alpha value is -1.98. The summed E-state index contributed by atoms with van der Waals surface area (Å²) in [6, 6.07) is 8.37. The third kappa shape index (κ3) is 3.76. The zero-order valence-electron chi connectivity index (χ0n) is 11.0. The van der Waals surface area contributed by atoms with E-state index < -0.39 is 4.92 Å². The van der Waals surface area contributed by atoms with Crippen molar-refractivity contribution >= 4 is 17.3 Å². The molecule has 0 atom stereocenters. The van der Waals surface area contributed by atoms with E-state index in [4.69, 9.17) is 11.6 Å². The van der Waals surface area contributed by atoms with Crippen LogP contribution in [0.1, 0.15) is 16.8 Å². The van der Waals surface area contributed by atoms with Gasteiger partial charge in [0, 0.05) is 42.1 Å². The smallest absolute Gasteiger partial charge is 0.269 e. The quantitative estimate of drug-likeness (QED) is 0.678. The minimum Gasteiger partial charge on any atom is -0.309 e. The molecule has 1 N–H and O–H groups in total. The Kier molecular flexibility index (Phi) is 4.65. The number of hydrogen-bond donors (Lipinski definition) is 1. The summed E-state index contributed by atoms with van der Waals surface area (Å²) in [6.45, 7) is 3.03. The Balaban J connectivity index is 1.98. The van der Waals surface area contributed by atoms with E-state index in [0.29, 0.717) is 23.7 Å². The molecule has 0 saturated carbocycles. The molecule has 20 heavy (non-hydrogen) atoms. The third-order valence-corrected chi connectivity index (χ3v) is 3.23. The van der Waals surface area contributed by atoms with Gasteiger partial charge in [0.1, 0.15) is 0 Å². The van der Waals surface area contributed by atoms with Crippen LogP contribution in [0.5, 0.6) is 0 Å². The van der Waals surface area contributed by atoms with Gasteiger partial charge in [-0.1, -0.05) is 17.7 Å². The van der Waals surface area contributed by atoms with E-state index in [1.165, 1.54) is 12.1 Å². The minimum absolute atomic E-state index is 0.0446. The second-order valence-electron chi connectivity index (χ2n) is 4.44. The summed E-state index contributed by atoms with van der Waals surface area (Å²) in [5, 5.41) is 14.4. The van der Waals surface area contributed by atoms with Crippen molar-refractivity contribution in [2.45, 2.75) is 20.0 Å². The number of benzene rings is 1. The Morgan fingerprint density at radius 2 is 2.10 bits per heavy atom. The van der Waals surface area contributed by atoms with Crippen LogP contribution < -0.4 is 5.32 Å². The Bertz CT molecular complexity index is 614. The molecule has 0 aliphatic rings. The number of aromatic nitrogens is 1. The summed E-state index contributed by atoms with van der Waals surface area (Å²) in [4.78, 5) is 14.5. The normalized spacial score (nSPS) is 10.5. The minimum atomic E-state index is -0.427. The fourth-order valence-electron chi connectivity index (χ4n) is 1.75. The highest BCUT2D eigenvalue weighted by molar-refractivity contribution is 6.31. The molecule has 0 saturated heterocycles. The molecule has 104 valence electrons. The van der Waals surface area contributed by atoms with Gasteiger partial charge in [0.15, 0.2) is 0 Å². The molecule has 5 nitrogen and oxygen atoms in total. The van der Waals surface area contributed by atoms with Crippen molar-refractivity contribution < 1.29 is 4.92 Å². The second kappa shape index (κ2) is 6.45. The predicted molar refractivity (Wildman–Crippen MR) is 77.6 cm³/mol. The first-order valence-electron chi connectivity index (χ1n) is 6.11. The fourth-order valence-corrected chi connectivity index (χ4v) is 1.94. The van der Waals surface area contributed by atoms with Gasteiger partial charge >= 0.3 is 0 Å². The number of aryl methyl sites for hydroxylation is 1. The lowest BCUT2D eigenvalue weighted by Crippen LogP contribution is -2.13. The summed E-state index contributed by atoms with van der Waals surface area (Å²) < 4.78 is 0. The molecular weight excluding hydrogens is 278 g/mol. The first kappa shape index (κ1) is 14.4. The summed E-state index contributed by atoms with van der Waals surface area (Å²) in [5.74, 6) is 0. The van der Waals surface area contributed by atoms with Gasteiger partial charge in [0.05, 0.1) is 4.92 Å². The average molecular weight is 292 g/mol. The van der Waals surface area contributed by atoms with Crippen LogP contribution in [-0.4, -0.2) is 9.91 Å². The molecule has 0 unspecified atom stereocenters. The van der Waals surface area contributed by atoms with Crippen LogP contribution >= 0.6 is 11.6 Å². The van der Waals surface area contributed by atoms with Crippen LogP contribution in [0.2, 0.25) is 5.02 Å². The molecule has 1 heterocycles. The highest BCUT2D eigenvalue weighted by Gasteiger charge is 2.09. The number of nitro benzene ring substituents is 1. The van der Waals surface area contributed by atoms with Crippen LogP contribution in [0.15, 0.2) is 36.5 Å². The maximum absolute atomic E-state index is 10.7. The van der Waals surface area contributed by atoms with Crippen molar-refractivity contribution in [3.8, 4) is 0 Å². The first-order chi connectivity index (χ1) is 9.56. The monoisotopic (exact) mass is 291 g/mol. The van der Waals surface area contributed by atoms with Crippen molar-refractivity contribution in [3.05, 3.63) is 68.5 Å². The number of hydrogen-bond acceptors (Lipinski definition) is 4. The van der Waals surface area contributed by atoms with E-state index in [2.05, 4.69) is 10.3 Å². The number of pyridine rings is 1. The average Bonchev–Trinajstić information content (AvgIpc) is 2.43. The molecule has 1 aromatic heterocycles. The highest BCUT2D eigenvalue weighted by atomic mass is 35.5. The van der Waals surface area contributed by atoms with Crippen molar-refractivity contribution in [1.82, 2.24) is 10.3 Å². The Morgan fingerprint density at radius 3 is 2.75 bits per heavy atom. The van der Waals surface area contributed by atoms with E-state index in [9.17, 15) is 10.1 Å².